The SMILES string of the molecule is C[C@H]1CCc2c(sc3nc([C@@H](C)OC(=O)c4cc5ccccc5o4)[nH]c(=O)c23)C1. The number of H-pyrrole nitrogens is 1. The van der Waals surface area contributed by atoms with Gasteiger partial charge in [0.25, 0.3) is 5.56 Å². The van der Waals surface area contributed by atoms with Gasteiger partial charge in [-0.25, -0.2) is 9.78 Å². The summed E-state index contributed by atoms with van der Waals surface area (Å²) in [6, 6.07) is 9.03. The first-order chi connectivity index (χ1) is 14.0. The molecule has 5 rings (SSSR count). The van der Waals surface area contributed by atoms with Crippen LogP contribution in [0, 0.1) is 5.92 Å². The summed E-state index contributed by atoms with van der Waals surface area (Å²) >= 11 is 1.58. The first kappa shape index (κ1) is 18.1. The topological polar surface area (TPSA) is 85.2 Å². The van der Waals surface area contributed by atoms with E-state index in [1.165, 1.54) is 4.88 Å². The molecule has 0 aliphatic heterocycles. The minimum Gasteiger partial charge on any atom is -0.449 e. The van der Waals surface area contributed by atoms with E-state index in [-0.39, 0.29) is 11.3 Å². The van der Waals surface area contributed by atoms with Crippen molar-refractivity contribution in [1.82, 2.24) is 9.97 Å². The van der Waals surface area contributed by atoms with Gasteiger partial charge in [-0.15, -0.1) is 11.3 Å². The lowest BCUT2D eigenvalue weighted by Gasteiger charge is -2.17. The number of furan rings is 1. The molecule has 0 amide bonds. The number of nitrogens with zero attached hydrogens (tertiary/aromatic N) is 1. The largest absolute Gasteiger partial charge is 0.449 e. The van der Waals surface area contributed by atoms with E-state index < -0.39 is 12.1 Å². The second-order valence-corrected chi connectivity index (χ2v) is 8.76. The lowest BCUT2D eigenvalue weighted by Crippen LogP contribution is -2.18. The van der Waals surface area contributed by atoms with Gasteiger partial charge in [0.15, 0.2) is 11.9 Å². The van der Waals surface area contributed by atoms with E-state index in [1.54, 1.807) is 30.4 Å². The highest BCUT2D eigenvalue weighted by Crippen LogP contribution is 2.36. The quantitative estimate of drug-likeness (QED) is 0.494. The van der Waals surface area contributed by atoms with Crippen LogP contribution in [-0.4, -0.2) is 15.9 Å². The fourth-order valence-corrected chi connectivity index (χ4v) is 5.31. The summed E-state index contributed by atoms with van der Waals surface area (Å²) in [5, 5.41) is 1.52. The molecule has 6 nitrogen and oxygen atoms in total. The summed E-state index contributed by atoms with van der Waals surface area (Å²) < 4.78 is 11.1. The molecule has 4 aromatic rings. The van der Waals surface area contributed by atoms with Crippen molar-refractivity contribution in [2.24, 2.45) is 5.92 Å². The van der Waals surface area contributed by atoms with Crippen LogP contribution in [-0.2, 0) is 17.6 Å². The molecule has 0 spiro atoms. The molecule has 0 bridgehead atoms. The van der Waals surface area contributed by atoms with Gasteiger partial charge in [0.2, 0.25) is 5.76 Å². The second kappa shape index (κ2) is 6.84. The predicted molar refractivity (Wildman–Crippen MR) is 111 cm³/mol. The minimum atomic E-state index is -0.703. The molecule has 29 heavy (non-hydrogen) atoms. The third kappa shape index (κ3) is 3.15. The Morgan fingerprint density at radius 1 is 1.38 bits per heavy atom. The van der Waals surface area contributed by atoms with E-state index in [9.17, 15) is 9.59 Å². The highest BCUT2D eigenvalue weighted by Gasteiger charge is 2.25. The maximum absolute atomic E-state index is 12.7. The zero-order chi connectivity index (χ0) is 20.1. The lowest BCUT2D eigenvalue weighted by molar-refractivity contribution is 0.0286. The number of hydrogen-bond acceptors (Lipinski definition) is 6. The Morgan fingerprint density at radius 3 is 3.03 bits per heavy atom. The molecule has 1 aromatic carbocycles. The first-order valence-corrected chi connectivity index (χ1v) is 10.5. The summed E-state index contributed by atoms with van der Waals surface area (Å²) in [5.74, 6) is 0.509. The highest BCUT2D eigenvalue weighted by molar-refractivity contribution is 7.18. The number of benzene rings is 1. The van der Waals surface area contributed by atoms with Gasteiger partial charge in [-0.3, -0.25) is 4.79 Å². The molecule has 2 atom stereocenters. The monoisotopic (exact) mass is 408 g/mol. The molecule has 1 aliphatic carbocycles. The number of rotatable bonds is 3. The number of carbonyl (C=O) groups is 1. The minimum absolute atomic E-state index is 0.127. The van der Waals surface area contributed by atoms with Crippen LogP contribution >= 0.6 is 11.3 Å². The number of esters is 1. The molecular weight excluding hydrogens is 388 g/mol. The smallest absolute Gasteiger partial charge is 0.374 e. The lowest BCUT2D eigenvalue weighted by atomic mass is 9.89. The molecule has 3 heterocycles. The van der Waals surface area contributed by atoms with E-state index in [0.717, 1.165) is 35.0 Å². The number of ether oxygens (including phenoxy) is 1. The Labute approximate surface area is 170 Å². The average molecular weight is 408 g/mol. The third-order valence-corrected chi connectivity index (χ3v) is 6.63. The van der Waals surface area contributed by atoms with E-state index in [2.05, 4.69) is 16.9 Å². The Morgan fingerprint density at radius 2 is 2.21 bits per heavy atom. The molecule has 0 unspecified atom stereocenters. The molecule has 1 N–H and O–H groups in total. The molecular formula is C22H20N2O4S. The van der Waals surface area contributed by atoms with Crippen molar-refractivity contribution in [1.29, 1.82) is 0 Å². The summed E-state index contributed by atoms with van der Waals surface area (Å²) in [4.78, 5) is 34.6. The van der Waals surface area contributed by atoms with Gasteiger partial charge in [0.1, 0.15) is 10.4 Å². The maximum atomic E-state index is 12.7. The van der Waals surface area contributed by atoms with Gasteiger partial charge in [-0.1, -0.05) is 25.1 Å². The van der Waals surface area contributed by atoms with Crippen LogP contribution in [0.15, 0.2) is 39.5 Å². The fraction of sp³-hybridized carbons (Fsp3) is 0.318. The van der Waals surface area contributed by atoms with Crippen LogP contribution in [0.25, 0.3) is 21.2 Å². The van der Waals surface area contributed by atoms with Crippen LogP contribution < -0.4 is 5.56 Å². The molecule has 1 aliphatic rings. The number of nitrogens with one attached hydrogen (secondary N) is 1. The molecule has 0 fully saturated rings. The molecule has 3 aromatic heterocycles. The van der Waals surface area contributed by atoms with Crippen molar-refractivity contribution in [2.45, 2.75) is 39.2 Å². The number of hydrogen-bond donors (Lipinski definition) is 1. The van der Waals surface area contributed by atoms with E-state index in [4.69, 9.17) is 9.15 Å². The molecule has 0 radical (unpaired) electrons. The normalized spacial score (nSPS) is 17.4. The third-order valence-electron chi connectivity index (χ3n) is 5.48. The number of thiophene rings is 1. The van der Waals surface area contributed by atoms with E-state index >= 15 is 0 Å². The molecule has 0 saturated carbocycles. The van der Waals surface area contributed by atoms with Gasteiger partial charge >= 0.3 is 5.97 Å². The van der Waals surface area contributed by atoms with Crippen LogP contribution in [0.4, 0.5) is 0 Å². The number of para-hydroxylation sites is 1. The Hall–Kier alpha value is -2.93. The van der Waals surface area contributed by atoms with Crippen LogP contribution in [0.2, 0.25) is 0 Å². The second-order valence-electron chi connectivity index (χ2n) is 7.68. The van der Waals surface area contributed by atoms with Crippen LogP contribution in [0.1, 0.15) is 53.2 Å². The molecule has 7 heteroatoms. The summed E-state index contributed by atoms with van der Waals surface area (Å²) in [5.41, 5.74) is 1.59. The van der Waals surface area contributed by atoms with Gasteiger partial charge in [0, 0.05) is 10.3 Å². The fourth-order valence-electron chi connectivity index (χ4n) is 3.91. The van der Waals surface area contributed by atoms with E-state index in [0.29, 0.717) is 22.7 Å². The van der Waals surface area contributed by atoms with Crippen LogP contribution in [0.3, 0.4) is 0 Å². The van der Waals surface area contributed by atoms with Gasteiger partial charge in [-0.05, 0) is 49.8 Å². The average Bonchev–Trinajstić information content (AvgIpc) is 3.28. The molecule has 148 valence electrons. The molecule has 0 saturated heterocycles. The van der Waals surface area contributed by atoms with Crippen molar-refractivity contribution in [3.8, 4) is 0 Å². The summed E-state index contributed by atoms with van der Waals surface area (Å²) in [6.45, 7) is 3.93. The van der Waals surface area contributed by atoms with Crippen molar-refractivity contribution >= 4 is 38.5 Å². The van der Waals surface area contributed by atoms with Gasteiger partial charge in [-0.2, -0.15) is 0 Å². The van der Waals surface area contributed by atoms with Gasteiger partial charge < -0.3 is 14.1 Å². The highest BCUT2D eigenvalue weighted by atomic mass is 32.1. The Bertz CT molecular complexity index is 1270. The first-order valence-electron chi connectivity index (χ1n) is 9.73. The number of carbonyl (C=O) groups excluding carboxylic acids is 1. The zero-order valence-corrected chi connectivity index (χ0v) is 17.0. The van der Waals surface area contributed by atoms with Crippen LogP contribution in [0.5, 0.6) is 0 Å². The van der Waals surface area contributed by atoms with E-state index in [1.807, 2.05) is 18.2 Å². The maximum Gasteiger partial charge on any atom is 0.374 e. The summed E-state index contributed by atoms with van der Waals surface area (Å²) in [7, 11) is 0. The predicted octanol–water partition coefficient (Wildman–Crippen LogP) is 4.77. The van der Waals surface area contributed by atoms with Crippen molar-refractivity contribution in [3.05, 3.63) is 62.7 Å². The van der Waals surface area contributed by atoms with Crippen molar-refractivity contribution in [2.75, 3.05) is 0 Å². The van der Waals surface area contributed by atoms with Crippen molar-refractivity contribution < 1.29 is 13.9 Å². The number of fused-ring (bicyclic) bond motifs is 4. The number of aromatic nitrogens is 2. The Kier molecular flexibility index (Phi) is 4.28. The zero-order valence-electron chi connectivity index (χ0n) is 16.2. The van der Waals surface area contributed by atoms with Gasteiger partial charge in [0.05, 0.1) is 5.39 Å². The number of aromatic amines is 1. The van der Waals surface area contributed by atoms with Crippen molar-refractivity contribution in [3.63, 3.8) is 0 Å². The number of aryl methyl sites for hydroxylation is 1. The summed E-state index contributed by atoms with van der Waals surface area (Å²) in [6.07, 6.45) is 2.29. The Balaban J connectivity index is 1.44. The standard InChI is InChI=1S/C22H20N2O4S/c1-11-7-8-14-17(9-11)29-21-18(14)20(25)23-19(24-21)12(2)27-22(26)16-10-13-5-3-4-6-15(13)28-16/h3-6,10-12H,7-9H2,1-2H3,(H,23,24,25)/t11-,12+/m0/s1.